The number of nitro groups is 3. The number of carbonyl (C=O) groups is 11. The molecule has 0 aromatic heterocycles. The molecule has 12 N–H and O–H groups in total. The van der Waals surface area contributed by atoms with E-state index < -0.39 is 87.2 Å². The van der Waals surface area contributed by atoms with Gasteiger partial charge in [-0.2, -0.15) is 9.18 Å². The van der Waals surface area contributed by atoms with Gasteiger partial charge in [0.15, 0.2) is 0 Å². The third-order valence-electron chi connectivity index (χ3n) is 14.1. The molecular formula is C80H78Cs2F2ILiN5O31S5+. The van der Waals surface area contributed by atoms with Crippen molar-refractivity contribution in [3.8, 4) is 0 Å². The van der Waals surface area contributed by atoms with Gasteiger partial charge in [-0.05, 0) is 126 Å². The van der Waals surface area contributed by atoms with Gasteiger partial charge in [-0.1, -0.05) is 146 Å². The zero-order valence-electron chi connectivity index (χ0n) is 69.3. The van der Waals surface area contributed by atoms with Crippen molar-refractivity contribution < 1.29 is 308 Å². The summed E-state index contributed by atoms with van der Waals surface area (Å²) in [5.41, 5.74) is 7.43. The second kappa shape index (κ2) is 69.2. The molecule has 127 heavy (non-hydrogen) atoms. The largest absolute Gasteiger partial charge is 1.00 e. The Morgan fingerprint density at radius 1 is 0.551 bits per heavy atom. The van der Waals surface area contributed by atoms with E-state index >= 15 is 0 Å². The van der Waals surface area contributed by atoms with Crippen molar-refractivity contribution in [2.24, 2.45) is 0 Å². The van der Waals surface area contributed by atoms with E-state index in [1.54, 1.807) is 91.0 Å². The maximum atomic E-state index is 12.9. The minimum absolute atomic E-state index is 0. The smallest absolute Gasteiger partial charge is 1.00 e. The number of nitrogens with zero attached hydrogens (tertiary/aromatic N) is 3. The second-order valence-electron chi connectivity index (χ2n) is 21.2. The number of aliphatic hydroxyl groups is 1. The number of aliphatic hydroxyl groups excluding tert-OH is 1. The minimum Gasteiger partial charge on any atom is -1.00 e. The fraction of sp³-hybridized carbons (Fsp3) is 0.113. The van der Waals surface area contributed by atoms with Gasteiger partial charge in [0.1, 0.15) is 4.91 Å². The molecule has 0 spiro atoms. The molecule has 1 aliphatic carbocycles. The van der Waals surface area contributed by atoms with Gasteiger partial charge in [0, 0.05) is 80.0 Å². The predicted octanol–water partition coefficient (Wildman–Crippen LogP) is 6.25. The summed E-state index contributed by atoms with van der Waals surface area (Å²) in [5, 5.41) is 95.9. The van der Waals surface area contributed by atoms with Crippen molar-refractivity contribution in [3.05, 3.63) is 309 Å². The van der Waals surface area contributed by atoms with Crippen molar-refractivity contribution in [2.45, 2.75) is 54.0 Å². The summed E-state index contributed by atoms with van der Waals surface area (Å²) in [5.74, 6) is -9.00. The monoisotopic (exact) mass is 2200 g/mol. The molecule has 1 amide bonds. The number of amides is 1. The Bertz CT molecular complexity index is 5410. The molecule has 11 rings (SSSR count). The summed E-state index contributed by atoms with van der Waals surface area (Å²) in [6.07, 6.45) is 7.85. The molecule has 36 nitrogen and oxygen atoms in total. The quantitative estimate of drug-likeness (QED) is 0.00351. The van der Waals surface area contributed by atoms with Crippen LogP contribution >= 0.6 is 82.3 Å². The number of rotatable bonds is 19. The van der Waals surface area contributed by atoms with Crippen LogP contribution in [0.25, 0.3) is 0 Å². The van der Waals surface area contributed by atoms with E-state index in [2.05, 4.69) is 43.1 Å². The van der Waals surface area contributed by atoms with Gasteiger partial charge in [-0.25, -0.2) is 38.4 Å². The average molecular weight is 2210 g/mol. The number of nitrogen functional groups attached to an aromatic ring is 1. The maximum absolute atomic E-state index is 12.9. The number of fused-ring (bicyclic) bond motifs is 2. The van der Waals surface area contributed by atoms with Crippen LogP contribution in [0.5, 0.6) is 0 Å². The number of nitro benzene ring substituents is 3. The SMILES string of the molecule is C.C.CO.COC(=O)C1=[C+]C=CC=C1S.COC(=O)c1ccc([N+](=O)[O-])c(F)c1.COC(=O)c1ccc([N+](=O)[O-])c(Sc2ccccc2C(=O)OC)c1.Nc1ccc(C(=O)O)cc1Sc1ccccc1C(=O)O.O.O=C(O)c1ccc([N+](=O)[O-])c(Sc2ccccc2C(=O)O)c1.O=C(O)c1ccc2c(c1)Sc1ccccc1C(=O)N2.O=CO[O-].[2H]CF.[2H]CI.[Cs+].[Cs+].[H-].[Li+].[OH-]. The van der Waals surface area contributed by atoms with Gasteiger partial charge >= 0.3 is 216 Å². The molecule has 1 heterocycles. The number of nitrogens with two attached hydrogens (primary N) is 1. The van der Waals surface area contributed by atoms with Gasteiger partial charge in [-0.3, -0.25) is 44.3 Å². The number of aromatic carboxylic acids is 5. The zero-order chi connectivity index (χ0) is 91.9. The number of carbonyl (C=O) groups excluding carboxylic acids is 6. The Labute approximate surface area is 893 Å². The third-order valence-corrected chi connectivity index (χ3v) is 19.0. The van der Waals surface area contributed by atoms with Crippen LogP contribution in [0.4, 0.5) is 37.2 Å². The molecule has 0 saturated carbocycles. The Morgan fingerprint density at radius 2 is 0.906 bits per heavy atom. The van der Waals surface area contributed by atoms with Crippen molar-refractivity contribution in [2.75, 3.05) is 58.7 Å². The molecule has 2 aliphatic rings. The molecule has 47 heteroatoms. The number of ether oxygens (including phenoxy) is 4. The van der Waals surface area contributed by atoms with Crippen molar-refractivity contribution in [3.63, 3.8) is 0 Å². The Morgan fingerprint density at radius 3 is 1.31 bits per heavy atom. The third kappa shape index (κ3) is 42.1. The standard InChI is InChI=1S/C16H13NO6S.C14H9NO6S.C14H11NO4S.C14H9NO3S.C8H6FNO4.C8H6O2S.CH3F.CH3I.CH2O3.CH4O.2CH4.2Cs.Li.2H2O.H/c1-22-15(18)10-7-8-12(17(20)21)14(9-10)24-13-6-4-3-5-11(13)16(19)23-2;16-13(17)8-5-6-10(15(20)21)12(7-8)22-11-4-2-1-3-9(11)14(18)19;15-10-6-5-8(13(16)17)7-12(10)20-11-4-2-1-3-9(11)14(18)19;16-13-9-3-1-2-4-11(9)19-12-7-8(14(17)18)5-6-10(12)15-13;1-14-8(11)5-2-3-7(10(12)13)6(9)4-5;1-10-8(9)6-4-2-3-5-7(6)11;2*1-2;2-1-4-3;1-2;;;;;;;;/h3-9H,1-2H3;1-7H,(H,16,17)(H,18,19);1-7H,15H2,(H,16,17)(H,18,19);1-7H,(H,15,16)(H,17,18);2-4H,1H3;2-3,5H,1H3;2*1H3;1,3H;2H,1H3;2*1H4;;;;2*1H2;/q;;;;;;;;;;;;3*+1;;;-1/p-1/i;;;;;;2*1D;;;;;;;;;;. The Hall–Kier alpha value is -8.84. The number of methoxy groups -OCH3 is 4. The number of hydrogen-bond acceptors (Lipinski definition) is 31. The number of anilines is 2. The number of thiol groups is 1. The van der Waals surface area contributed by atoms with Crippen molar-refractivity contribution in [1.82, 2.24) is 0 Å². The van der Waals surface area contributed by atoms with E-state index in [1.165, 1.54) is 99.8 Å². The van der Waals surface area contributed by atoms with E-state index in [4.69, 9.17) is 53.9 Å². The maximum Gasteiger partial charge on any atom is 1.00 e. The molecule has 0 fully saturated rings. The Balaban J connectivity index is -0.000000272. The number of esters is 4. The van der Waals surface area contributed by atoms with Gasteiger partial charge in [0.25, 0.3) is 23.8 Å². The van der Waals surface area contributed by atoms with E-state index in [1.807, 2.05) is 34.7 Å². The predicted molar refractivity (Wildman–Crippen MR) is 463 cm³/mol. The van der Waals surface area contributed by atoms with Crippen molar-refractivity contribution >= 4 is 177 Å². The second-order valence-corrected chi connectivity index (χ2v) is 26.0. The van der Waals surface area contributed by atoms with Crippen LogP contribution in [-0.4, -0.2) is 170 Å². The first-order valence-electron chi connectivity index (χ1n) is 33.5. The van der Waals surface area contributed by atoms with E-state index in [9.17, 15) is 87.1 Å². The summed E-state index contributed by atoms with van der Waals surface area (Å²) in [7, 11) is 4.95. The molecule has 1 aliphatic heterocycles. The van der Waals surface area contributed by atoms with Crippen LogP contribution in [-0.2, 0) is 33.4 Å². The van der Waals surface area contributed by atoms with Crippen LogP contribution in [0.1, 0.15) is 112 Å². The summed E-state index contributed by atoms with van der Waals surface area (Å²) >= 11 is 10.4. The van der Waals surface area contributed by atoms with Gasteiger partial charge < -0.3 is 83.2 Å². The van der Waals surface area contributed by atoms with E-state index in [0.29, 0.717) is 51.9 Å². The van der Waals surface area contributed by atoms with Crippen LogP contribution in [0.2, 0.25) is 0 Å². The normalized spacial score (nSPS) is 10.1. The van der Waals surface area contributed by atoms with Crippen LogP contribution in [0, 0.1) is 42.2 Å². The summed E-state index contributed by atoms with van der Waals surface area (Å²) < 4.78 is 52.8. The molecule has 0 bridgehead atoms. The summed E-state index contributed by atoms with van der Waals surface area (Å²) in [6.45, 7) is -0.181. The number of alkyl halides is 2. The number of benzene rings is 9. The number of halogens is 3. The molecule has 0 atom stereocenters. The fourth-order valence-corrected chi connectivity index (χ4v) is 13.3. The number of allylic oxidation sites excluding steroid dienone is 4. The van der Waals surface area contributed by atoms with Crippen LogP contribution in [0.15, 0.2) is 256 Å². The summed E-state index contributed by atoms with van der Waals surface area (Å²) in [6, 6.07) is 45.4. The molecule has 662 valence electrons. The first-order chi connectivity index (χ1) is 58.1. The molecule has 0 unspecified atom stereocenters. The van der Waals surface area contributed by atoms with Crippen LogP contribution < -0.4 is 173 Å². The van der Waals surface area contributed by atoms with E-state index in [-0.39, 0.29) is 262 Å². The van der Waals surface area contributed by atoms with E-state index in [0.717, 1.165) is 95.7 Å². The topological polar surface area (TPSA) is 607 Å². The van der Waals surface area contributed by atoms with Gasteiger partial charge in [-0.15, -0.1) is 0 Å². The van der Waals surface area contributed by atoms with Gasteiger partial charge in [0.05, 0.1) is 123 Å². The molecule has 0 radical (unpaired) electrons. The summed E-state index contributed by atoms with van der Waals surface area (Å²) in [4.78, 5) is 159. The molecular weight excluding hydrogens is 2120 g/mol. The fourth-order valence-electron chi connectivity index (χ4n) is 8.77. The van der Waals surface area contributed by atoms with Gasteiger partial charge in [0.2, 0.25) is 11.4 Å². The first kappa shape index (κ1) is 124. The van der Waals surface area contributed by atoms with Crippen LogP contribution in [0.3, 0.4) is 0 Å². The minimum atomic E-state index is -1.22. The number of nitrogens with one attached hydrogen (secondary N) is 1. The first-order valence-corrected chi connectivity index (χ1v) is 37.3. The number of carboxylic acid groups (broad SMARTS) is 5. The zero-order valence-corrected chi connectivity index (χ0v) is 85.2. The van der Waals surface area contributed by atoms with Crippen molar-refractivity contribution in [1.29, 1.82) is 0 Å². The number of hydrogen-bond donors (Lipinski definition) is 9. The molecule has 0 saturated heterocycles. The molecule has 9 aromatic carbocycles. The number of carboxylic acids is 5. The molecule has 9 aromatic rings. The average Bonchev–Trinajstić information content (AvgIpc) is 1.63. The Kier molecular flexibility index (Phi) is 67.8.